The van der Waals surface area contributed by atoms with Crippen molar-refractivity contribution in [2.75, 3.05) is 6.61 Å². The molecule has 1 heterocycles. The van der Waals surface area contributed by atoms with Crippen LogP contribution in [0.1, 0.15) is 18.5 Å². The van der Waals surface area contributed by atoms with Gasteiger partial charge in [0.2, 0.25) is 0 Å². The number of benzene rings is 2. The number of aromatic nitrogens is 2. The first kappa shape index (κ1) is 18.5. The average molecular weight is 435 g/mol. The van der Waals surface area contributed by atoms with Gasteiger partial charge in [-0.1, -0.05) is 39.7 Å². The van der Waals surface area contributed by atoms with E-state index < -0.39 is 0 Å². The van der Waals surface area contributed by atoms with Crippen LogP contribution in [0.4, 0.5) is 0 Å². The fourth-order valence-electron chi connectivity index (χ4n) is 2.45. The molecule has 1 amide bonds. The Labute approximate surface area is 165 Å². The standard InChI is InChI=1S/C19H17BrClN3O2/c1-13(14-2-5-16(6-3-14)24-9-8-22-12-24)23-19(25)11-26-18-7-4-15(20)10-17(18)21/h2-10,12-13H,11H2,1H3,(H,23,25)/t13-/m0/s1. The molecule has 1 atom stereocenters. The monoisotopic (exact) mass is 433 g/mol. The quantitative estimate of drug-likeness (QED) is 0.619. The fraction of sp³-hybridized carbons (Fsp3) is 0.158. The van der Waals surface area contributed by atoms with Gasteiger partial charge in [0, 0.05) is 22.6 Å². The van der Waals surface area contributed by atoms with Crippen molar-refractivity contribution in [1.29, 1.82) is 0 Å². The van der Waals surface area contributed by atoms with Crippen molar-refractivity contribution in [2.24, 2.45) is 0 Å². The molecule has 0 aliphatic rings. The van der Waals surface area contributed by atoms with E-state index >= 15 is 0 Å². The summed E-state index contributed by atoms with van der Waals surface area (Å²) in [5.74, 6) is 0.262. The molecule has 0 bridgehead atoms. The number of hydrogen-bond donors (Lipinski definition) is 1. The molecule has 3 rings (SSSR count). The summed E-state index contributed by atoms with van der Waals surface area (Å²) in [6.45, 7) is 1.83. The van der Waals surface area contributed by atoms with Crippen LogP contribution in [-0.2, 0) is 4.79 Å². The number of ether oxygens (including phenoxy) is 1. The summed E-state index contributed by atoms with van der Waals surface area (Å²) in [6, 6.07) is 13.0. The van der Waals surface area contributed by atoms with Crippen molar-refractivity contribution < 1.29 is 9.53 Å². The largest absolute Gasteiger partial charge is 0.482 e. The fourth-order valence-corrected chi connectivity index (χ4v) is 3.18. The van der Waals surface area contributed by atoms with Crippen LogP contribution >= 0.6 is 27.5 Å². The smallest absolute Gasteiger partial charge is 0.258 e. The molecule has 0 aliphatic carbocycles. The lowest BCUT2D eigenvalue weighted by atomic mass is 10.1. The molecule has 1 N–H and O–H groups in total. The van der Waals surface area contributed by atoms with Crippen molar-refractivity contribution in [2.45, 2.75) is 13.0 Å². The molecule has 0 spiro atoms. The Morgan fingerprint density at radius 3 is 2.73 bits per heavy atom. The second kappa shape index (κ2) is 8.38. The van der Waals surface area contributed by atoms with E-state index in [-0.39, 0.29) is 18.6 Å². The Morgan fingerprint density at radius 2 is 2.08 bits per heavy atom. The molecular weight excluding hydrogens is 418 g/mol. The van der Waals surface area contributed by atoms with Crippen molar-refractivity contribution in [3.63, 3.8) is 0 Å². The summed E-state index contributed by atoms with van der Waals surface area (Å²) in [4.78, 5) is 16.2. The van der Waals surface area contributed by atoms with Gasteiger partial charge in [0.1, 0.15) is 5.75 Å². The van der Waals surface area contributed by atoms with Crippen LogP contribution in [0.3, 0.4) is 0 Å². The first-order chi connectivity index (χ1) is 12.5. The lowest BCUT2D eigenvalue weighted by Crippen LogP contribution is -2.31. The number of halogens is 2. The number of nitrogens with zero attached hydrogens (tertiary/aromatic N) is 2. The second-order valence-corrected chi connectivity index (χ2v) is 7.04. The van der Waals surface area contributed by atoms with Crippen molar-refractivity contribution in [1.82, 2.24) is 14.9 Å². The van der Waals surface area contributed by atoms with Crippen molar-refractivity contribution in [3.05, 3.63) is 76.2 Å². The summed E-state index contributed by atoms with van der Waals surface area (Å²) >= 11 is 9.41. The highest BCUT2D eigenvalue weighted by atomic mass is 79.9. The molecular formula is C19H17BrClN3O2. The van der Waals surface area contributed by atoms with E-state index in [0.717, 1.165) is 15.7 Å². The lowest BCUT2D eigenvalue weighted by molar-refractivity contribution is -0.123. The Bertz CT molecular complexity index is 882. The number of carbonyl (C=O) groups excluding carboxylic acids is 1. The van der Waals surface area contributed by atoms with Gasteiger partial charge in [0.05, 0.1) is 17.4 Å². The van der Waals surface area contributed by atoms with Crippen molar-refractivity contribution in [3.8, 4) is 11.4 Å². The molecule has 0 saturated carbocycles. The number of hydrogen-bond acceptors (Lipinski definition) is 3. The first-order valence-electron chi connectivity index (χ1n) is 7.98. The highest BCUT2D eigenvalue weighted by molar-refractivity contribution is 9.10. The minimum atomic E-state index is -0.213. The van der Waals surface area contributed by atoms with E-state index in [0.29, 0.717) is 10.8 Å². The lowest BCUT2D eigenvalue weighted by Gasteiger charge is -2.15. The third kappa shape index (κ3) is 4.65. The van der Waals surface area contributed by atoms with E-state index in [2.05, 4.69) is 26.2 Å². The van der Waals surface area contributed by atoms with Crippen molar-refractivity contribution >= 4 is 33.4 Å². The third-order valence-electron chi connectivity index (χ3n) is 3.83. The summed E-state index contributed by atoms with van der Waals surface area (Å²) in [5.41, 5.74) is 2.02. The van der Waals surface area contributed by atoms with E-state index in [9.17, 15) is 4.79 Å². The molecule has 0 saturated heterocycles. The molecule has 7 heteroatoms. The maximum Gasteiger partial charge on any atom is 0.258 e. The molecule has 1 aromatic heterocycles. The number of nitrogens with one attached hydrogen (secondary N) is 1. The van der Waals surface area contributed by atoms with Crippen LogP contribution in [0.2, 0.25) is 5.02 Å². The van der Waals surface area contributed by atoms with Gasteiger partial charge in [-0.3, -0.25) is 4.79 Å². The van der Waals surface area contributed by atoms with Crippen LogP contribution in [-0.4, -0.2) is 22.1 Å². The van der Waals surface area contributed by atoms with Gasteiger partial charge in [-0.15, -0.1) is 0 Å². The van der Waals surface area contributed by atoms with E-state index in [1.54, 1.807) is 24.7 Å². The Morgan fingerprint density at radius 1 is 1.31 bits per heavy atom. The number of amides is 1. The summed E-state index contributed by atoms with van der Waals surface area (Å²) in [5, 5.41) is 3.37. The third-order valence-corrected chi connectivity index (χ3v) is 4.61. The molecule has 0 aliphatic heterocycles. The molecule has 0 radical (unpaired) electrons. The maximum atomic E-state index is 12.1. The summed E-state index contributed by atoms with van der Waals surface area (Å²) < 4.78 is 8.26. The molecule has 5 nitrogen and oxygen atoms in total. The number of rotatable bonds is 6. The zero-order valence-electron chi connectivity index (χ0n) is 14.0. The summed E-state index contributed by atoms with van der Waals surface area (Å²) in [6.07, 6.45) is 5.35. The van der Waals surface area contributed by atoms with Gasteiger partial charge in [0.25, 0.3) is 5.91 Å². The van der Waals surface area contributed by atoms with Gasteiger partial charge < -0.3 is 14.6 Å². The normalized spacial score (nSPS) is 11.8. The summed E-state index contributed by atoms with van der Waals surface area (Å²) in [7, 11) is 0. The minimum Gasteiger partial charge on any atom is -0.482 e. The van der Waals surface area contributed by atoms with Gasteiger partial charge in [-0.05, 0) is 42.8 Å². The zero-order chi connectivity index (χ0) is 18.5. The number of carbonyl (C=O) groups is 1. The number of imidazole rings is 1. The van der Waals surface area contributed by atoms with Gasteiger partial charge in [-0.25, -0.2) is 4.98 Å². The van der Waals surface area contributed by atoms with Crippen LogP contribution < -0.4 is 10.1 Å². The molecule has 0 fully saturated rings. The van der Waals surface area contributed by atoms with Crippen LogP contribution in [0.25, 0.3) is 5.69 Å². The van der Waals surface area contributed by atoms with Crippen LogP contribution in [0.15, 0.2) is 65.7 Å². The maximum absolute atomic E-state index is 12.1. The Balaban J connectivity index is 1.55. The Kier molecular flexibility index (Phi) is 5.96. The van der Waals surface area contributed by atoms with E-state index in [4.69, 9.17) is 16.3 Å². The van der Waals surface area contributed by atoms with E-state index in [1.165, 1.54) is 0 Å². The Hall–Kier alpha value is -2.31. The van der Waals surface area contributed by atoms with Gasteiger partial charge in [-0.2, -0.15) is 0 Å². The highest BCUT2D eigenvalue weighted by Gasteiger charge is 2.11. The van der Waals surface area contributed by atoms with Crippen LogP contribution in [0, 0.1) is 0 Å². The SMILES string of the molecule is C[C@H](NC(=O)COc1ccc(Br)cc1Cl)c1ccc(-n2ccnc2)cc1. The topological polar surface area (TPSA) is 56.1 Å². The van der Waals surface area contributed by atoms with E-state index in [1.807, 2.05) is 48.0 Å². The molecule has 3 aromatic rings. The van der Waals surface area contributed by atoms with Gasteiger partial charge in [0.15, 0.2) is 6.61 Å². The zero-order valence-corrected chi connectivity index (χ0v) is 16.4. The highest BCUT2D eigenvalue weighted by Crippen LogP contribution is 2.27. The van der Waals surface area contributed by atoms with Gasteiger partial charge >= 0.3 is 0 Å². The second-order valence-electron chi connectivity index (χ2n) is 5.71. The van der Waals surface area contributed by atoms with Crippen LogP contribution in [0.5, 0.6) is 5.75 Å². The average Bonchev–Trinajstić information content (AvgIpc) is 3.16. The molecule has 2 aromatic carbocycles. The molecule has 134 valence electrons. The predicted molar refractivity (Wildman–Crippen MR) is 105 cm³/mol. The molecule has 26 heavy (non-hydrogen) atoms. The predicted octanol–water partition coefficient (Wildman–Crippen LogP) is 4.54. The molecule has 0 unspecified atom stereocenters. The first-order valence-corrected chi connectivity index (χ1v) is 9.15. The minimum absolute atomic E-state index is 0.0984.